The quantitative estimate of drug-likeness (QED) is 0.804. The molecule has 1 aromatic heterocycles. The maximum absolute atomic E-state index is 5.88. The third-order valence-corrected chi connectivity index (χ3v) is 4.69. The summed E-state index contributed by atoms with van der Waals surface area (Å²) in [6.07, 6.45) is 4.74. The Hall–Kier alpha value is -1.10. The molecule has 0 aliphatic heterocycles. The van der Waals surface area contributed by atoms with Gasteiger partial charge in [-0.05, 0) is 37.1 Å². The largest absolute Gasteiger partial charge is 0.476 e. The van der Waals surface area contributed by atoms with Crippen LogP contribution in [0.4, 0.5) is 11.5 Å². The zero-order chi connectivity index (χ0) is 13.9. The fourth-order valence-corrected chi connectivity index (χ4v) is 2.48. The van der Waals surface area contributed by atoms with Crippen molar-refractivity contribution in [3.63, 3.8) is 0 Å². The molecule has 0 aromatic carbocycles. The molecule has 0 unspecified atom stereocenters. The minimum absolute atomic E-state index is 0.419. The van der Waals surface area contributed by atoms with E-state index in [1.54, 1.807) is 0 Å². The second-order valence-electron chi connectivity index (χ2n) is 5.54. The molecule has 0 saturated heterocycles. The molecule has 19 heavy (non-hydrogen) atoms. The van der Waals surface area contributed by atoms with Crippen molar-refractivity contribution in [3.8, 4) is 5.88 Å². The number of nitrogens with one attached hydrogen (secondary N) is 1. The molecule has 106 valence electrons. The minimum Gasteiger partial charge on any atom is -0.476 e. The van der Waals surface area contributed by atoms with E-state index in [1.165, 1.54) is 12.8 Å². The van der Waals surface area contributed by atoms with Crippen LogP contribution >= 0.6 is 11.8 Å². The van der Waals surface area contributed by atoms with E-state index in [1.807, 2.05) is 23.9 Å². The number of pyridine rings is 1. The third kappa shape index (κ3) is 3.93. The van der Waals surface area contributed by atoms with Gasteiger partial charge < -0.3 is 15.8 Å². The number of nitrogens with two attached hydrogens (primary N) is 1. The van der Waals surface area contributed by atoms with E-state index in [4.69, 9.17) is 10.5 Å². The van der Waals surface area contributed by atoms with Gasteiger partial charge in [0.2, 0.25) is 5.88 Å². The van der Waals surface area contributed by atoms with Gasteiger partial charge in [-0.2, -0.15) is 16.7 Å². The first-order chi connectivity index (χ1) is 9.04. The second kappa shape index (κ2) is 5.90. The van der Waals surface area contributed by atoms with Crippen LogP contribution in [0.5, 0.6) is 5.88 Å². The van der Waals surface area contributed by atoms with Gasteiger partial charge in [0.1, 0.15) is 5.82 Å². The molecule has 5 heteroatoms. The highest BCUT2D eigenvalue weighted by atomic mass is 32.2. The van der Waals surface area contributed by atoms with Crippen molar-refractivity contribution < 1.29 is 4.74 Å². The van der Waals surface area contributed by atoms with Gasteiger partial charge in [-0.3, -0.25) is 0 Å². The number of thioether (sulfide) groups is 1. The van der Waals surface area contributed by atoms with Crippen LogP contribution in [0.15, 0.2) is 12.1 Å². The molecular formula is C14H23N3OS. The van der Waals surface area contributed by atoms with Gasteiger partial charge in [-0.15, -0.1) is 0 Å². The molecule has 1 fully saturated rings. The van der Waals surface area contributed by atoms with Crippen LogP contribution in [0.1, 0.15) is 26.7 Å². The number of hydrogen-bond acceptors (Lipinski definition) is 5. The summed E-state index contributed by atoms with van der Waals surface area (Å²) in [6, 6.07) is 3.76. The second-order valence-corrected chi connectivity index (χ2v) is 6.81. The molecule has 1 aromatic rings. The highest BCUT2D eigenvalue weighted by Crippen LogP contribution is 2.47. The average molecular weight is 281 g/mol. The molecular weight excluding hydrogens is 258 g/mol. The summed E-state index contributed by atoms with van der Waals surface area (Å²) in [6.45, 7) is 5.80. The lowest BCUT2D eigenvalue weighted by Crippen LogP contribution is -2.18. The summed E-state index contributed by atoms with van der Waals surface area (Å²) in [4.78, 5) is 4.44. The zero-order valence-electron chi connectivity index (χ0n) is 11.9. The van der Waals surface area contributed by atoms with Gasteiger partial charge in [-0.25, -0.2) is 0 Å². The molecule has 0 bridgehead atoms. The van der Waals surface area contributed by atoms with Crippen LogP contribution in [0.2, 0.25) is 0 Å². The minimum atomic E-state index is 0.419. The van der Waals surface area contributed by atoms with Crippen LogP contribution < -0.4 is 15.8 Å². The van der Waals surface area contributed by atoms with Crippen LogP contribution in [-0.2, 0) is 0 Å². The third-order valence-electron chi connectivity index (χ3n) is 3.28. The highest BCUT2D eigenvalue weighted by molar-refractivity contribution is 8.00. The Balaban J connectivity index is 1.95. The Kier molecular flexibility index (Phi) is 4.45. The van der Waals surface area contributed by atoms with E-state index in [2.05, 4.69) is 30.4 Å². The lowest BCUT2D eigenvalue weighted by atomic mass is 10.2. The van der Waals surface area contributed by atoms with Crippen LogP contribution in [-0.4, -0.2) is 29.1 Å². The molecule has 1 saturated carbocycles. The fraction of sp³-hybridized carbons (Fsp3) is 0.643. The van der Waals surface area contributed by atoms with Crippen molar-refractivity contribution in [3.05, 3.63) is 12.1 Å². The first-order valence-corrected chi connectivity index (χ1v) is 7.95. The van der Waals surface area contributed by atoms with Crippen molar-refractivity contribution >= 4 is 23.3 Å². The number of aromatic nitrogens is 1. The number of nitrogens with zero attached hydrogens (tertiary/aromatic N) is 1. The predicted octanol–water partition coefficient (Wildman–Crippen LogP) is 3.01. The van der Waals surface area contributed by atoms with E-state index in [0.717, 1.165) is 12.4 Å². The van der Waals surface area contributed by atoms with E-state index in [9.17, 15) is 0 Å². The van der Waals surface area contributed by atoms with Gasteiger partial charge in [0.25, 0.3) is 0 Å². The lowest BCUT2D eigenvalue weighted by Gasteiger charge is -2.15. The maximum Gasteiger partial charge on any atom is 0.239 e. The number of ether oxygens (including phenoxy) is 1. The normalized spacial score (nSPS) is 16.4. The molecule has 1 aliphatic rings. The van der Waals surface area contributed by atoms with E-state index < -0.39 is 0 Å². The standard InChI is InChI=1S/C14H23N3OS/c1-10(2)8-18-13-11(15)4-5-12(17-13)16-9-14(19-3)6-7-14/h4-5,10H,6-9,15H2,1-3H3,(H,16,17). The monoisotopic (exact) mass is 281 g/mol. The van der Waals surface area contributed by atoms with Crippen LogP contribution in [0.3, 0.4) is 0 Å². The molecule has 1 heterocycles. The van der Waals surface area contributed by atoms with Crippen molar-refractivity contribution in [1.29, 1.82) is 0 Å². The summed E-state index contributed by atoms with van der Waals surface area (Å²) in [5, 5.41) is 3.39. The Morgan fingerprint density at radius 1 is 1.47 bits per heavy atom. The topological polar surface area (TPSA) is 60.2 Å². The van der Waals surface area contributed by atoms with Crippen molar-refractivity contribution in [2.45, 2.75) is 31.4 Å². The molecule has 0 spiro atoms. The summed E-state index contributed by atoms with van der Waals surface area (Å²) in [7, 11) is 0. The van der Waals surface area contributed by atoms with Crippen LogP contribution in [0, 0.1) is 5.92 Å². The molecule has 4 nitrogen and oxygen atoms in total. The van der Waals surface area contributed by atoms with E-state index in [0.29, 0.717) is 28.8 Å². The van der Waals surface area contributed by atoms with Gasteiger partial charge in [0.15, 0.2) is 0 Å². The fourth-order valence-electron chi connectivity index (χ4n) is 1.76. The number of rotatable bonds is 7. The summed E-state index contributed by atoms with van der Waals surface area (Å²) < 4.78 is 6.05. The molecule has 0 amide bonds. The molecule has 0 radical (unpaired) electrons. The molecule has 2 rings (SSSR count). The highest BCUT2D eigenvalue weighted by Gasteiger charge is 2.41. The maximum atomic E-state index is 5.88. The summed E-state index contributed by atoms with van der Waals surface area (Å²) >= 11 is 1.93. The van der Waals surface area contributed by atoms with Crippen LogP contribution in [0.25, 0.3) is 0 Å². The van der Waals surface area contributed by atoms with Crippen molar-refractivity contribution in [2.75, 3.05) is 30.5 Å². The average Bonchev–Trinajstić information content (AvgIpc) is 3.17. The van der Waals surface area contributed by atoms with Gasteiger partial charge in [0.05, 0.1) is 12.3 Å². The molecule has 3 N–H and O–H groups in total. The Labute approximate surface area is 119 Å². The van der Waals surface area contributed by atoms with Crippen molar-refractivity contribution in [2.24, 2.45) is 5.92 Å². The number of hydrogen-bond donors (Lipinski definition) is 2. The Morgan fingerprint density at radius 3 is 2.79 bits per heavy atom. The van der Waals surface area contributed by atoms with Gasteiger partial charge >= 0.3 is 0 Å². The summed E-state index contributed by atoms with van der Waals surface area (Å²) in [5.41, 5.74) is 6.47. The van der Waals surface area contributed by atoms with Crippen molar-refractivity contribution in [1.82, 2.24) is 4.98 Å². The van der Waals surface area contributed by atoms with Gasteiger partial charge in [0, 0.05) is 11.3 Å². The molecule has 1 aliphatic carbocycles. The Bertz CT molecular complexity index is 433. The number of anilines is 2. The Morgan fingerprint density at radius 2 is 2.21 bits per heavy atom. The zero-order valence-corrected chi connectivity index (χ0v) is 12.7. The predicted molar refractivity (Wildman–Crippen MR) is 83.0 cm³/mol. The van der Waals surface area contributed by atoms with E-state index in [-0.39, 0.29) is 0 Å². The first kappa shape index (κ1) is 14.3. The van der Waals surface area contributed by atoms with E-state index >= 15 is 0 Å². The first-order valence-electron chi connectivity index (χ1n) is 6.73. The lowest BCUT2D eigenvalue weighted by molar-refractivity contribution is 0.263. The molecule has 0 atom stereocenters. The SMILES string of the molecule is CSC1(CNc2ccc(N)c(OCC(C)C)n2)CC1. The summed E-state index contributed by atoms with van der Waals surface area (Å²) in [5.74, 6) is 1.84. The number of nitrogen functional groups attached to an aromatic ring is 1. The van der Waals surface area contributed by atoms with Gasteiger partial charge in [-0.1, -0.05) is 13.8 Å². The smallest absolute Gasteiger partial charge is 0.239 e.